The number of nitrogens with zero attached hydrogens (tertiary/aromatic N) is 1. The number of ketones is 1. The van der Waals surface area contributed by atoms with E-state index in [0.717, 1.165) is 28.2 Å². The Kier molecular flexibility index (Phi) is 6.85. The fraction of sp³-hybridized carbons (Fsp3) is 0.357. The molecule has 1 aliphatic carbocycles. The minimum Gasteiger partial charge on any atom is -0.460 e. The van der Waals surface area contributed by atoms with Gasteiger partial charge in [0.2, 0.25) is 0 Å². The molecule has 34 heavy (non-hydrogen) atoms. The number of carbonyl (C=O) groups is 2. The van der Waals surface area contributed by atoms with Crippen LogP contribution in [0.2, 0.25) is 5.02 Å². The van der Waals surface area contributed by atoms with E-state index in [1.807, 2.05) is 88.3 Å². The van der Waals surface area contributed by atoms with Gasteiger partial charge >= 0.3 is 5.97 Å². The van der Waals surface area contributed by atoms with Crippen molar-refractivity contribution < 1.29 is 14.3 Å². The van der Waals surface area contributed by atoms with Crippen molar-refractivity contribution in [3.63, 3.8) is 0 Å². The summed E-state index contributed by atoms with van der Waals surface area (Å²) in [6.45, 7) is 5.55. The lowest BCUT2D eigenvalue weighted by Gasteiger charge is -2.37. The van der Waals surface area contributed by atoms with Crippen LogP contribution in [0.4, 0.5) is 5.69 Å². The molecule has 0 radical (unpaired) electrons. The van der Waals surface area contributed by atoms with Gasteiger partial charge in [-0.2, -0.15) is 0 Å². The van der Waals surface area contributed by atoms with Crippen molar-refractivity contribution >= 4 is 29.0 Å². The quantitative estimate of drug-likeness (QED) is 0.557. The van der Waals surface area contributed by atoms with E-state index in [0.29, 0.717) is 29.0 Å². The molecular formula is C28H31ClN2O3. The Bertz CT molecular complexity index is 1160. The first-order valence-corrected chi connectivity index (χ1v) is 12.0. The summed E-state index contributed by atoms with van der Waals surface area (Å²) in [5, 5.41) is 4.07. The van der Waals surface area contributed by atoms with E-state index in [-0.39, 0.29) is 23.8 Å². The second-order valence-electron chi connectivity index (χ2n) is 9.51. The molecule has 2 aromatic carbocycles. The first-order chi connectivity index (χ1) is 16.2. The Morgan fingerprint density at radius 1 is 1.03 bits per heavy atom. The largest absolute Gasteiger partial charge is 0.460 e. The molecule has 5 nitrogen and oxygen atoms in total. The lowest BCUT2D eigenvalue weighted by molar-refractivity contribution is -0.143. The van der Waals surface area contributed by atoms with Crippen LogP contribution in [0, 0.1) is 0 Å². The standard InChI is InChI=1S/C28H31ClN2O3/c1-16(2)34-28(33)25-17(3)30-23-14-20(18-6-10-21(29)11-7-18)15-24(32)27(23)26(25)19-8-12-22(13-9-19)31(4)5/h6-13,16,20,26,30H,14-15H2,1-5H3/t20-,26-/m0/s1. The van der Waals surface area contributed by atoms with Crippen molar-refractivity contribution in [2.24, 2.45) is 0 Å². The van der Waals surface area contributed by atoms with Gasteiger partial charge in [-0.15, -0.1) is 0 Å². The van der Waals surface area contributed by atoms with Gasteiger partial charge in [-0.05, 0) is 68.5 Å². The minimum absolute atomic E-state index is 0.0535. The number of ether oxygens (including phenoxy) is 1. The number of benzene rings is 2. The van der Waals surface area contributed by atoms with Crippen LogP contribution in [0.25, 0.3) is 0 Å². The molecule has 2 aliphatic rings. The molecular weight excluding hydrogens is 448 g/mol. The Balaban J connectivity index is 1.78. The third-order valence-corrected chi connectivity index (χ3v) is 6.73. The molecule has 1 heterocycles. The lowest BCUT2D eigenvalue weighted by atomic mass is 9.71. The van der Waals surface area contributed by atoms with Crippen LogP contribution in [0.3, 0.4) is 0 Å². The van der Waals surface area contributed by atoms with Gasteiger partial charge in [0.05, 0.1) is 11.7 Å². The van der Waals surface area contributed by atoms with Gasteiger partial charge in [0, 0.05) is 54.1 Å². The predicted molar refractivity (Wildman–Crippen MR) is 136 cm³/mol. The van der Waals surface area contributed by atoms with E-state index in [1.165, 1.54) is 0 Å². The number of anilines is 1. The Labute approximate surface area is 206 Å². The summed E-state index contributed by atoms with van der Waals surface area (Å²) in [4.78, 5) is 28.9. The summed E-state index contributed by atoms with van der Waals surface area (Å²) >= 11 is 6.07. The van der Waals surface area contributed by atoms with Gasteiger partial charge in [-0.1, -0.05) is 35.9 Å². The normalized spacial score (nSPS) is 20.3. The summed E-state index contributed by atoms with van der Waals surface area (Å²) in [5.41, 5.74) is 5.84. The third kappa shape index (κ3) is 4.76. The Morgan fingerprint density at radius 3 is 2.24 bits per heavy atom. The number of carbonyl (C=O) groups excluding carboxylic acids is 2. The number of nitrogens with one attached hydrogen (secondary N) is 1. The van der Waals surface area contributed by atoms with Crippen LogP contribution in [-0.2, 0) is 14.3 Å². The van der Waals surface area contributed by atoms with E-state index < -0.39 is 5.92 Å². The summed E-state index contributed by atoms with van der Waals surface area (Å²) in [5.74, 6) is -0.735. The summed E-state index contributed by atoms with van der Waals surface area (Å²) in [7, 11) is 3.97. The number of hydrogen-bond acceptors (Lipinski definition) is 5. The van der Waals surface area contributed by atoms with E-state index in [4.69, 9.17) is 16.3 Å². The molecule has 0 saturated carbocycles. The second kappa shape index (κ2) is 9.67. The van der Waals surface area contributed by atoms with Crippen molar-refractivity contribution in [2.45, 2.75) is 51.6 Å². The molecule has 2 atom stereocenters. The molecule has 0 spiro atoms. The van der Waals surface area contributed by atoms with Crippen LogP contribution < -0.4 is 10.2 Å². The number of hydrogen-bond donors (Lipinski definition) is 1. The van der Waals surface area contributed by atoms with Crippen molar-refractivity contribution in [2.75, 3.05) is 19.0 Å². The first-order valence-electron chi connectivity index (χ1n) is 11.6. The monoisotopic (exact) mass is 478 g/mol. The topological polar surface area (TPSA) is 58.6 Å². The van der Waals surface area contributed by atoms with Gasteiger partial charge in [0.1, 0.15) is 0 Å². The van der Waals surface area contributed by atoms with Crippen LogP contribution in [0.15, 0.2) is 71.1 Å². The minimum atomic E-state index is -0.461. The summed E-state index contributed by atoms with van der Waals surface area (Å²) in [6, 6.07) is 15.7. The Morgan fingerprint density at radius 2 is 1.65 bits per heavy atom. The van der Waals surface area contributed by atoms with Gasteiger partial charge < -0.3 is 15.0 Å². The molecule has 0 amide bonds. The number of dihydropyridines is 1. The van der Waals surface area contributed by atoms with Crippen molar-refractivity contribution in [3.05, 3.63) is 87.2 Å². The number of halogens is 1. The van der Waals surface area contributed by atoms with Crippen molar-refractivity contribution in [1.82, 2.24) is 5.32 Å². The zero-order valence-electron chi connectivity index (χ0n) is 20.3. The lowest BCUT2D eigenvalue weighted by Crippen LogP contribution is -2.36. The van der Waals surface area contributed by atoms with Gasteiger partial charge in [-0.25, -0.2) is 4.79 Å². The van der Waals surface area contributed by atoms with Crippen molar-refractivity contribution in [1.29, 1.82) is 0 Å². The molecule has 1 N–H and O–H groups in total. The zero-order chi connectivity index (χ0) is 24.6. The molecule has 4 rings (SSSR count). The SMILES string of the molecule is CC1=C(C(=O)OC(C)C)[C@H](c2ccc(N(C)C)cc2)C2=C(C[C@H](c3ccc(Cl)cc3)CC2=O)N1. The van der Waals surface area contributed by atoms with E-state index in [2.05, 4.69) is 5.32 Å². The third-order valence-electron chi connectivity index (χ3n) is 6.47. The highest BCUT2D eigenvalue weighted by Crippen LogP contribution is 2.46. The maximum absolute atomic E-state index is 13.6. The Hall–Kier alpha value is -3.05. The molecule has 0 aromatic heterocycles. The van der Waals surface area contributed by atoms with Crippen molar-refractivity contribution in [3.8, 4) is 0 Å². The summed E-state index contributed by atoms with van der Waals surface area (Å²) in [6.07, 6.45) is 0.829. The number of esters is 1. The van der Waals surface area contributed by atoms with Crippen LogP contribution in [0.1, 0.15) is 56.6 Å². The maximum atomic E-state index is 13.6. The fourth-order valence-corrected chi connectivity index (χ4v) is 4.98. The average Bonchev–Trinajstić information content (AvgIpc) is 2.78. The maximum Gasteiger partial charge on any atom is 0.337 e. The number of Topliss-reactive ketones (excluding diaryl/α,β-unsaturated/α-hetero) is 1. The number of rotatable bonds is 5. The average molecular weight is 479 g/mol. The van der Waals surface area contributed by atoms with Gasteiger partial charge in [-0.3, -0.25) is 4.79 Å². The van der Waals surface area contributed by atoms with E-state index in [9.17, 15) is 9.59 Å². The second-order valence-corrected chi connectivity index (χ2v) is 9.95. The highest BCUT2D eigenvalue weighted by Gasteiger charge is 2.41. The fourth-order valence-electron chi connectivity index (χ4n) is 4.86. The summed E-state index contributed by atoms with van der Waals surface area (Å²) < 4.78 is 5.60. The van der Waals surface area contributed by atoms with E-state index >= 15 is 0 Å². The first kappa shape index (κ1) is 24.1. The highest BCUT2D eigenvalue weighted by molar-refractivity contribution is 6.30. The van der Waals surface area contributed by atoms with Gasteiger partial charge in [0.15, 0.2) is 5.78 Å². The molecule has 1 aliphatic heterocycles. The van der Waals surface area contributed by atoms with Crippen LogP contribution in [-0.4, -0.2) is 32.0 Å². The van der Waals surface area contributed by atoms with Gasteiger partial charge in [0.25, 0.3) is 0 Å². The highest BCUT2D eigenvalue weighted by atomic mass is 35.5. The van der Waals surface area contributed by atoms with Crippen LogP contribution >= 0.6 is 11.6 Å². The molecule has 0 bridgehead atoms. The van der Waals surface area contributed by atoms with Crippen LogP contribution in [0.5, 0.6) is 0 Å². The molecule has 178 valence electrons. The molecule has 0 fully saturated rings. The molecule has 0 unspecified atom stereocenters. The predicted octanol–water partition coefficient (Wildman–Crippen LogP) is 5.72. The molecule has 6 heteroatoms. The zero-order valence-corrected chi connectivity index (χ0v) is 21.1. The smallest absolute Gasteiger partial charge is 0.337 e. The molecule has 2 aromatic rings. The molecule has 0 saturated heterocycles. The number of allylic oxidation sites excluding steroid dienone is 3. The van der Waals surface area contributed by atoms with E-state index in [1.54, 1.807) is 0 Å².